The van der Waals surface area contributed by atoms with Gasteiger partial charge in [-0.2, -0.15) is 0 Å². The number of aliphatic carboxylic acids is 1. The van der Waals surface area contributed by atoms with Crippen LogP contribution in [0, 0.1) is 5.41 Å². The van der Waals surface area contributed by atoms with Crippen molar-refractivity contribution >= 4 is 11.9 Å². The van der Waals surface area contributed by atoms with Crippen molar-refractivity contribution in [1.82, 2.24) is 10.6 Å². The van der Waals surface area contributed by atoms with Gasteiger partial charge in [-0.15, -0.1) is 0 Å². The molecule has 0 fully saturated rings. The van der Waals surface area contributed by atoms with Crippen LogP contribution in [0.5, 0.6) is 0 Å². The minimum Gasteiger partial charge on any atom is -0.481 e. The van der Waals surface area contributed by atoms with Crippen molar-refractivity contribution in [2.75, 3.05) is 19.6 Å². The first-order valence-corrected chi connectivity index (χ1v) is 5.67. The number of amides is 1. The molecule has 16 heavy (non-hydrogen) atoms. The molecule has 0 aromatic rings. The maximum atomic E-state index is 11.3. The molecule has 3 N–H and O–H groups in total. The lowest BCUT2D eigenvalue weighted by Gasteiger charge is -2.23. The summed E-state index contributed by atoms with van der Waals surface area (Å²) in [5.74, 6) is -1.04. The highest BCUT2D eigenvalue weighted by atomic mass is 16.4. The SMILES string of the molecule is CCCNCC(=O)NCC(C)(CC)C(=O)O. The van der Waals surface area contributed by atoms with E-state index in [1.807, 2.05) is 6.92 Å². The summed E-state index contributed by atoms with van der Waals surface area (Å²) < 4.78 is 0. The molecule has 1 amide bonds. The van der Waals surface area contributed by atoms with Crippen molar-refractivity contribution < 1.29 is 14.7 Å². The molecule has 5 nitrogen and oxygen atoms in total. The number of nitrogens with one attached hydrogen (secondary N) is 2. The second-order valence-electron chi connectivity index (χ2n) is 4.17. The third kappa shape index (κ3) is 5.11. The predicted octanol–water partition coefficient (Wildman–Crippen LogP) is 0.603. The molecule has 0 aliphatic heterocycles. The Balaban J connectivity index is 3.93. The Morgan fingerprint density at radius 3 is 2.38 bits per heavy atom. The topological polar surface area (TPSA) is 78.4 Å². The van der Waals surface area contributed by atoms with Gasteiger partial charge in [0.15, 0.2) is 0 Å². The van der Waals surface area contributed by atoms with E-state index >= 15 is 0 Å². The molecular formula is C11H22N2O3. The zero-order chi connectivity index (χ0) is 12.6. The Morgan fingerprint density at radius 2 is 1.94 bits per heavy atom. The van der Waals surface area contributed by atoms with Gasteiger partial charge in [0.1, 0.15) is 0 Å². The van der Waals surface area contributed by atoms with Crippen LogP contribution in [0.3, 0.4) is 0 Å². The summed E-state index contributed by atoms with van der Waals surface area (Å²) in [5.41, 5.74) is -0.875. The Hall–Kier alpha value is -1.10. The van der Waals surface area contributed by atoms with Gasteiger partial charge in [-0.25, -0.2) is 0 Å². The van der Waals surface area contributed by atoms with E-state index in [1.165, 1.54) is 0 Å². The van der Waals surface area contributed by atoms with E-state index < -0.39 is 11.4 Å². The summed E-state index contributed by atoms with van der Waals surface area (Å²) in [7, 11) is 0. The number of carboxylic acid groups (broad SMARTS) is 1. The number of carboxylic acids is 1. The Morgan fingerprint density at radius 1 is 1.31 bits per heavy atom. The first kappa shape index (κ1) is 14.9. The molecule has 1 atom stereocenters. The largest absolute Gasteiger partial charge is 0.481 e. The highest BCUT2D eigenvalue weighted by Crippen LogP contribution is 2.19. The van der Waals surface area contributed by atoms with Gasteiger partial charge in [0.25, 0.3) is 0 Å². The van der Waals surface area contributed by atoms with Crippen LogP contribution >= 0.6 is 0 Å². The highest BCUT2D eigenvalue weighted by Gasteiger charge is 2.31. The molecule has 0 radical (unpaired) electrons. The fourth-order valence-electron chi connectivity index (χ4n) is 1.09. The molecular weight excluding hydrogens is 208 g/mol. The van der Waals surface area contributed by atoms with E-state index in [1.54, 1.807) is 13.8 Å². The standard InChI is InChI=1S/C11H22N2O3/c1-4-6-12-7-9(14)13-8-11(3,5-2)10(15)16/h12H,4-8H2,1-3H3,(H,13,14)(H,15,16). The number of rotatable bonds is 8. The fraction of sp³-hybridized carbons (Fsp3) is 0.818. The summed E-state index contributed by atoms with van der Waals surface area (Å²) in [6.45, 7) is 6.66. The molecule has 0 aliphatic carbocycles. The average molecular weight is 230 g/mol. The highest BCUT2D eigenvalue weighted by molar-refractivity contribution is 5.80. The smallest absolute Gasteiger partial charge is 0.311 e. The number of carbonyl (C=O) groups excluding carboxylic acids is 1. The molecule has 0 aromatic heterocycles. The second-order valence-corrected chi connectivity index (χ2v) is 4.17. The summed E-state index contributed by atoms with van der Waals surface area (Å²) in [4.78, 5) is 22.3. The van der Waals surface area contributed by atoms with E-state index in [0.29, 0.717) is 6.42 Å². The van der Waals surface area contributed by atoms with Crippen LogP contribution in [-0.4, -0.2) is 36.6 Å². The number of hydrogen-bond donors (Lipinski definition) is 3. The van der Waals surface area contributed by atoms with Crippen LogP contribution in [0.1, 0.15) is 33.6 Å². The predicted molar refractivity (Wildman–Crippen MR) is 62.2 cm³/mol. The maximum absolute atomic E-state index is 11.3. The van der Waals surface area contributed by atoms with E-state index in [2.05, 4.69) is 10.6 Å². The lowest BCUT2D eigenvalue weighted by atomic mass is 9.88. The van der Waals surface area contributed by atoms with E-state index in [0.717, 1.165) is 13.0 Å². The van der Waals surface area contributed by atoms with Crippen molar-refractivity contribution in [3.05, 3.63) is 0 Å². The average Bonchev–Trinajstić information content (AvgIpc) is 2.26. The Bertz CT molecular complexity index is 243. The van der Waals surface area contributed by atoms with Crippen molar-refractivity contribution in [2.45, 2.75) is 33.6 Å². The van der Waals surface area contributed by atoms with Crippen molar-refractivity contribution in [2.24, 2.45) is 5.41 Å². The molecule has 94 valence electrons. The van der Waals surface area contributed by atoms with Gasteiger partial charge in [0, 0.05) is 6.54 Å². The molecule has 0 rings (SSSR count). The van der Waals surface area contributed by atoms with Crippen LogP contribution in [0.4, 0.5) is 0 Å². The molecule has 0 bridgehead atoms. The Labute approximate surface area is 96.6 Å². The van der Waals surface area contributed by atoms with Crippen molar-refractivity contribution in [3.8, 4) is 0 Å². The van der Waals surface area contributed by atoms with Gasteiger partial charge in [0.05, 0.1) is 12.0 Å². The molecule has 0 aromatic carbocycles. The van der Waals surface area contributed by atoms with Crippen LogP contribution in [0.25, 0.3) is 0 Å². The minimum absolute atomic E-state index is 0.158. The van der Waals surface area contributed by atoms with Gasteiger partial charge in [0.2, 0.25) is 5.91 Å². The van der Waals surface area contributed by atoms with Gasteiger partial charge < -0.3 is 15.7 Å². The fourth-order valence-corrected chi connectivity index (χ4v) is 1.09. The molecule has 1 unspecified atom stereocenters. The normalized spacial score (nSPS) is 14.2. The van der Waals surface area contributed by atoms with Crippen LogP contribution in [0.15, 0.2) is 0 Å². The molecule has 0 spiro atoms. The minimum atomic E-state index is -0.878. The molecule has 0 saturated heterocycles. The maximum Gasteiger partial charge on any atom is 0.311 e. The van der Waals surface area contributed by atoms with Crippen molar-refractivity contribution in [3.63, 3.8) is 0 Å². The first-order chi connectivity index (χ1) is 7.46. The third-order valence-corrected chi connectivity index (χ3v) is 2.68. The van der Waals surface area contributed by atoms with E-state index in [9.17, 15) is 9.59 Å². The van der Waals surface area contributed by atoms with Gasteiger partial charge in [-0.3, -0.25) is 9.59 Å². The Kier molecular flexibility index (Phi) is 6.72. The summed E-state index contributed by atoms with van der Waals surface area (Å²) in [5, 5.41) is 14.6. The van der Waals surface area contributed by atoms with Crippen molar-refractivity contribution in [1.29, 1.82) is 0 Å². The lowest BCUT2D eigenvalue weighted by Crippen LogP contribution is -2.43. The summed E-state index contributed by atoms with van der Waals surface area (Å²) in [6.07, 6.45) is 1.46. The molecule has 0 saturated carbocycles. The van der Waals surface area contributed by atoms with Gasteiger partial charge in [-0.1, -0.05) is 13.8 Å². The van der Waals surface area contributed by atoms with Crippen LogP contribution < -0.4 is 10.6 Å². The van der Waals surface area contributed by atoms with Gasteiger partial charge in [-0.05, 0) is 26.3 Å². The summed E-state index contributed by atoms with van der Waals surface area (Å²) >= 11 is 0. The van der Waals surface area contributed by atoms with Crippen LogP contribution in [0.2, 0.25) is 0 Å². The number of hydrogen-bond acceptors (Lipinski definition) is 3. The van der Waals surface area contributed by atoms with E-state index in [4.69, 9.17) is 5.11 Å². The molecule has 5 heteroatoms. The zero-order valence-electron chi connectivity index (χ0n) is 10.3. The third-order valence-electron chi connectivity index (χ3n) is 2.68. The summed E-state index contributed by atoms with van der Waals surface area (Å²) in [6, 6.07) is 0. The molecule has 0 heterocycles. The number of carbonyl (C=O) groups is 2. The van der Waals surface area contributed by atoms with Crippen LogP contribution in [-0.2, 0) is 9.59 Å². The van der Waals surface area contributed by atoms with E-state index in [-0.39, 0.29) is 19.0 Å². The lowest BCUT2D eigenvalue weighted by molar-refractivity contribution is -0.148. The zero-order valence-corrected chi connectivity index (χ0v) is 10.3. The quantitative estimate of drug-likeness (QED) is 0.534. The second kappa shape index (κ2) is 7.22. The van der Waals surface area contributed by atoms with Gasteiger partial charge >= 0.3 is 5.97 Å². The first-order valence-electron chi connectivity index (χ1n) is 5.67. The molecule has 0 aliphatic rings. The monoisotopic (exact) mass is 230 g/mol.